The molecule has 2 unspecified atom stereocenters. The summed E-state index contributed by atoms with van der Waals surface area (Å²) in [5.74, 6) is -0.0422. The van der Waals surface area contributed by atoms with Gasteiger partial charge in [-0.25, -0.2) is 4.39 Å². The van der Waals surface area contributed by atoms with Crippen molar-refractivity contribution in [3.8, 4) is 0 Å². The molecular weight excluding hydrogens is 279 g/mol. The predicted octanol–water partition coefficient (Wildman–Crippen LogP) is 2.38. The number of amides is 1. The monoisotopic (exact) mass is 298 g/mol. The molecule has 0 bridgehead atoms. The number of likely N-dealkylation sites (tertiary alicyclic amines) is 1. The first-order valence-electron chi connectivity index (χ1n) is 6.94. The number of aryl methyl sites for hydroxylation is 1. The summed E-state index contributed by atoms with van der Waals surface area (Å²) in [4.78, 5) is 14.2. The summed E-state index contributed by atoms with van der Waals surface area (Å²) in [6.45, 7) is 4.39. The second-order valence-corrected chi connectivity index (χ2v) is 5.63. The van der Waals surface area contributed by atoms with Gasteiger partial charge in [-0.3, -0.25) is 4.79 Å². The van der Waals surface area contributed by atoms with E-state index in [2.05, 4.69) is 5.32 Å². The van der Waals surface area contributed by atoms with Crippen molar-refractivity contribution in [2.45, 2.75) is 25.8 Å². The minimum absolute atomic E-state index is 0. The summed E-state index contributed by atoms with van der Waals surface area (Å²) in [6, 6.07) is 5.27. The lowest BCUT2D eigenvalue weighted by atomic mass is 9.93. The largest absolute Gasteiger partial charge is 0.338 e. The van der Waals surface area contributed by atoms with Gasteiger partial charge >= 0.3 is 0 Å². The van der Waals surface area contributed by atoms with E-state index in [0.29, 0.717) is 12.0 Å². The number of carbonyl (C=O) groups is 1. The predicted molar refractivity (Wildman–Crippen MR) is 78.8 cm³/mol. The molecule has 3 rings (SSSR count). The fourth-order valence-corrected chi connectivity index (χ4v) is 3.21. The molecule has 1 aromatic rings. The van der Waals surface area contributed by atoms with Gasteiger partial charge in [-0.15, -0.1) is 12.4 Å². The van der Waals surface area contributed by atoms with Crippen LogP contribution in [0.1, 0.15) is 28.8 Å². The van der Waals surface area contributed by atoms with Crippen molar-refractivity contribution in [3.63, 3.8) is 0 Å². The zero-order chi connectivity index (χ0) is 13.4. The standard InChI is InChI=1S/C15H19FN2O.ClH/c1-10-2-3-13(16)12(8-10)15(19)18-7-5-14-11(9-18)4-6-17-14;/h2-3,8,11,14,17H,4-7,9H2,1H3;1H. The van der Waals surface area contributed by atoms with Gasteiger partial charge in [0.2, 0.25) is 0 Å². The molecule has 0 aliphatic carbocycles. The first-order valence-corrected chi connectivity index (χ1v) is 6.94. The molecule has 0 spiro atoms. The minimum atomic E-state index is -0.415. The summed E-state index contributed by atoms with van der Waals surface area (Å²) < 4.78 is 13.8. The van der Waals surface area contributed by atoms with Gasteiger partial charge in [0.15, 0.2) is 0 Å². The molecule has 2 aliphatic heterocycles. The molecule has 1 amide bonds. The number of piperidine rings is 1. The quantitative estimate of drug-likeness (QED) is 0.863. The van der Waals surface area contributed by atoms with Crippen LogP contribution in [0, 0.1) is 18.7 Å². The minimum Gasteiger partial charge on any atom is -0.338 e. The number of carbonyl (C=O) groups excluding carboxylic acids is 1. The third-order valence-electron chi connectivity index (χ3n) is 4.30. The smallest absolute Gasteiger partial charge is 0.256 e. The van der Waals surface area contributed by atoms with Gasteiger partial charge in [0, 0.05) is 19.1 Å². The number of benzene rings is 1. The van der Waals surface area contributed by atoms with E-state index < -0.39 is 5.82 Å². The molecule has 20 heavy (non-hydrogen) atoms. The van der Waals surface area contributed by atoms with E-state index in [-0.39, 0.29) is 23.9 Å². The molecule has 2 aliphatic rings. The molecule has 3 nitrogen and oxygen atoms in total. The van der Waals surface area contributed by atoms with Gasteiger partial charge in [0.05, 0.1) is 5.56 Å². The summed E-state index contributed by atoms with van der Waals surface area (Å²) in [5.41, 5.74) is 1.13. The van der Waals surface area contributed by atoms with Gasteiger partial charge in [-0.1, -0.05) is 11.6 Å². The first kappa shape index (κ1) is 15.3. The van der Waals surface area contributed by atoms with Crippen molar-refractivity contribution < 1.29 is 9.18 Å². The number of nitrogens with one attached hydrogen (secondary N) is 1. The molecule has 1 N–H and O–H groups in total. The molecule has 5 heteroatoms. The Morgan fingerprint density at radius 2 is 2.20 bits per heavy atom. The van der Waals surface area contributed by atoms with Crippen LogP contribution >= 0.6 is 12.4 Å². The van der Waals surface area contributed by atoms with Crippen molar-refractivity contribution in [1.29, 1.82) is 0 Å². The summed E-state index contributed by atoms with van der Waals surface area (Å²) in [7, 11) is 0. The molecule has 1 aromatic carbocycles. The topological polar surface area (TPSA) is 32.3 Å². The van der Waals surface area contributed by atoms with E-state index in [1.165, 1.54) is 6.07 Å². The van der Waals surface area contributed by atoms with Gasteiger partial charge in [-0.2, -0.15) is 0 Å². The number of nitrogens with zero attached hydrogens (tertiary/aromatic N) is 1. The van der Waals surface area contributed by atoms with Crippen molar-refractivity contribution >= 4 is 18.3 Å². The van der Waals surface area contributed by atoms with E-state index in [1.54, 1.807) is 12.1 Å². The van der Waals surface area contributed by atoms with Crippen LogP contribution in [0.5, 0.6) is 0 Å². The third-order valence-corrected chi connectivity index (χ3v) is 4.30. The Balaban J connectivity index is 0.00000147. The van der Waals surface area contributed by atoms with E-state index >= 15 is 0 Å². The highest BCUT2D eigenvalue weighted by Crippen LogP contribution is 2.26. The average Bonchev–Trinajstić information content (AvgIpc) is 2.88. The van der Waals surface area contributed by atoms with Gasteiger partial charge in [0.1, 0.15) is 5.82 Å². The Kier molecular flexibility index (Phi) is 4.66. The fraction of sp³-hybridized carbons (Fsp3) is 0.533. The lowest BCUT2D eigenvalue weighted by molar-refractivity contribution is 0.0657. The fourth-order valence-electron chi connectivity index (χ4n) is 3.21. The second kappa shape index (κ2) is 6.10. The zero-order valence-electron chi connectivity index (χ0n) is 11.6. The Labute approximate surface area is 124 Å². The van der Waals surface area contributed by atoms with E-state index in [4.69, 9.17) is 0 Å². The van der Waals surface area contributed by atoms with Crippen LogP contribution in [-0.4, -0.2) is 36.5 Å². The van der Waals surface area contributed by atoms with Crippen molar-refractivity contribution in [1.82, 2.24) is 10.2 Å². The van der Waals surface area contributed by atoms with Crippen LogP contribution in [0.15, 0.2) is 18.2 Å². The normalized spacial score (nSPS) is 25.0. The SMILES string of the molecule is Cc1ccc(F)c(C(=O)N2CCC3NCCC3C2)c1.Cl. The summed E-state index contributed by atoms with van der Waals surface area (Å²) in [5, 5.41) is 3.47. The maximum absolute atomic E-state index is 13.8. The Morgan fingerprint density at radius 1 is 1.40 bits per heavy atom. The number of fused-ring (bicyclic) bond motifs is 1. The van der Waals surface area contributed by atoms with E-state index in [1.807, 2.05) is 11.8 Å². The maximum Gasteiger partial charge on any atom is 0.256 e. The zero-order valence-corrected chi connectivity index (χ0v) is 12.4. The summed E-state index contributed by atoms with van der Waals surface area (Å²) >= 11 is 0. The van der Waals surface area contributed by atoms with Gasteiger partial charge in [-0.05, 0) is 44.4 Å². The average molecular weight is 299 g/mol. The molecule has 2 heterocycles. The van der Waals surface area contributed by atoms with Crippen LogP contribution in [0.25, 0.3) is 0 Å². The van der Waals surface area contributed by atoms with Crippen LogP contribution in [0.2, 0.25) is 0 Å². The van der Waals surface area contributed by atoms with E-state index in [0.717, 1.165) is 38.0 Å². The first-order chi connectivity index (χ1) is 9.15. The van der Waals surface area contributed by atoms with Crippen LogP contribution in [0.4, 0.5) is 4.39 Å². The second-order valence-electron chi connectivity index (χ2n) is 5.63. The molecule has 0 saturated carbocycles. The number of hydrogen-bond acceptors (Lipinski definition) is 2. The lowest BCUT2D eigenvalue weighted by Gasteiger charge is -2.35. The molecule has 0 aromatic heterocycles. The molecule has 0 radical (unpaired) electrons. The third kappa shape index (κ3) is 2.81. The Hall–Kier alpha value is -1.13. The van der Waals surface area contributed by atoms with Gasteiger partial charge in [0.25, 0.3) is 5.91 Å². The van der Waals surface area contributed by atoms with Gasteiger partial charge < -0.3 is 10.2 Å². The molecule has 2 saturated heterocycles. The molecular formula is C15H20ClFN2O. The Morgan fingerprint density at radius 3 is 3.00 bits per heavy atom. The Bertz CT molecular complexity index is 509. The molecule has 110 valence electrons. The molecule has 2 fully saturated rings. The number of halogens is 2. The van der Waals surface area contributed by atoms with Crippen molar-refractivity contribution in [2.75, 3.05) is 19.6 Å². The van der Waals surface area contributed by atoms with Crippen LogP contribution in [0.3, 0.4) is 0 Å². The molecule has 2 atom stereocenters. The highest BCUT2D eigenvalue weighted by atomic mass is 35.5. The number of hydrogen-bond donors (Lipinski definition) is 1. The van der Waals surface area contributed by atoms with E-state index in [9.17, 15) is 9.18 Å². The van der Waals surface area contributed by atoms with Crippen molar-refractivity contribution in [3.05, 3.63) is 35.1 Å². The highest BCUT2D eigenvalue weighted by molar-refractivity contribution is 5.94. The van der Waals surface area contributed by atoms with Crippen LogP contribution in [-0.2, 0) is 0 Å². The highest BCUT2D eigenvalue weighted by Gasteiger charge is 2.35. The van der Waals surface area contributed by atoms with Crippen LogP contribution < -0.4 is 5.32 Å². The number of rotatable bonds is 1. The summed E-state index contributed by atoms with van der Waals surface area (Å²) in [6.07, 6.45) is 2.09. The van der Waals surface area contributed by atoms with Crippen molar-refractivity contribution in [2.24, 2.45) is 5.92 Å². The lowest BCUT2D eigenvalue weighted by Crippen LogP contribution is -2.47. The maximum atomic E-state index is 13.8.